The number of hydrogen-bond acceptors (Lipinski definition) is 5. The monoisotopic (exact) mass is 411 g/mol. The Morgan fingerprint density at radius 2 is 1.93 bits per heavy atom. The fourth-order valence-electron chi connectivity index (χ4n) is 3.59. The third kappa shape index (κ3) is 5.59. The summed E-state index contributed by atoms with van der Waals surface area (Å²) in [6.07, 6.45) is 1.40. The van der Waals surface area contributed by atoms with Gasteiger partial charge in [-0.25, -0.2) is 0 Å². The molecule has 2 atom stereocenters. The second-order valence-electron chi connectivity index (χ2n) is 7.04. The van der Waals surface area contributed by atoms with Crippen LogP contribution in [0.5, 0.6) is 5.75 Å². The molecule has 2 amide bonds. The van der Waals surface area contributed by atoms with Gasteiger partial charge in [0.25, 0.3) is 5.91 Å². The highest BCUT2D eigenvalue weighted by Crippen LogP contribution is 2.17. The van der Waals surface area contributed by atoms with Crippen molar-refractivity contribution in [1.29, 1.82) is 0 Å². The van der Waals surface area contributed by atoms with E-state index in [9.17, 15) is 9.59 Å². The Bertz CT molecular complexity index is 647. The van der Waals surface area contributed by atoms with Crippen molar-refractivity contribution in [3.05, 3.63) is 29.8 Å². The van der Waals surface area contributed by atoms with Gasteiger partial charge in [-0.3, -0.25) is 9.59 Å². The van der Waals surface area contributed by atoms with Crippen LogP contribution in [0.4, 0.5) is 0 Å². The zero-order valence-electron chi connectivity index (χ0n) is 16.5. The molecule has 0 aliphatic carbocycles. The van der Waals surface area contributed by atoms with E-state index in [0.717, 1.165) is 18.6 Å². The molecule has 2 N–H and O–H groups in total. The molecule has 1 aromatic carbocycles. The van der Waals surface area contributed by atoms with Crippen LogP contribution in [0.25, 0.3) is 0 Å². The summed E-state index contributed by atoms with van der Waals surface area (Å²) in [5.41, 5.74) is 0.665. The third-order valence-corrected chi connectivity index (χ3v) is 5.14. The molecular formula is C20H30ClN3O4. The minimum Gasteiger partial charge on any atom is -0.494 e. The first-order valence-corrected chi connectivity index (χ1v) is 9.76. The van der Waals surface area contributed by atoms with Gasteiger partial charge in [0.05, 0.1) is 19.3 Å². The molecule has 156 valence electrons. The van der Waals surface area contributed by atoms with E-state index in [2.05, 4.69) is 10.6 Å². The first kappa shape index (κ1) is 22.5. The van der Waals surface area contributed by atoms with Crippen LogP contribution in [0.1, 0.15) is 37.0 Å². The molecule has 3 rings (SSSR count). The number of ether oxygens (including phenoxy) is 2. The molecule has 7 nitrogen and oxygen atoms in total. The summed E-state index contributed by atoms with van der Waals surface area (Å²) in [7, 11) is 0. The summed E-state index contributed by atoms with van der Waals surface area (Å²) >= 11 is 0. The molecule has 2 fully saturated rings. The number of halogens is 1. The summed E-state index contributed by atoms with van der Waals surface area (Å²) in [5.74, 6) is 0.780. The van der Waals surface area contributed by atoms with Gasteiger partial charge in [0, 0.05) is 31.2 Å². The average molecular weight is 412 g/mol. The van der Waals surface area contributed by atoms with Crippen molar-refractivity contribution in [2.24, 2.45) is 0 Å². The van der Waals surface area contributed by atoms with E-state index in [-0.39, 0.29) is 42.4 Å². The Balaban J connectivity index is 0.00000280. The largest absolute Gasteiger partial charge is 0.494 e. The third-order valence-electron chi connectivity index (χ3n) is 5.14. The van der Waals surface area contributed by atoms with Gasteiger partial charge in [-0.2, -0.15) is 0 Å². The summed E-state index contributed by atoms with van der Waals surface area (Å²) in [4.78, 5) is 27.0. The van der Waals surface area contributed by atoms with Crippen LogP contribution in [0, 0.1) is 0 Å². The first-order chi connectivity index (χ1) is 13.1. The molecule has 0 saturated carbocycles. The van der Waals surface area contributed by atoms with Gasteiger partial charge in [-0.15, -0.1) is 12.4 Å². The lowest BCUT2D eigenvalue weighted by Crippen LogP contribution is -2.58. The highest BCUT2D eigenvalue weighted by molar-refractivity contribution is 5.94. The molecule has 0 radical (unpaired) electrons. The molecule has 0 unspecified atom stereocenters. The number of morpholine rings is 1. The number of carbonyl (C=O) groups excluding carboxylic acids is 2. The van der Waals surface area contributed by atoms with Crippen molar-refractivity contribution in [2.45, 2.75) is 44.9 Å². The average Bonchev–Trinajstić information content (AvgIpc) is 2.69. The molecule has 28 heavy (non-hydrogen) atoms. The van der Waals surface area contributed by atoms with E-state index in [4.69, 9.17) is 9.47 Å². The quantitative estimate of drug-likeness (QED) is 0.769. The normalized spacial score (nSPS) is 22.9. The Hall–Kier alpha value is -1.83. The van der Waals surface area contributed by atoms with Crippen LogP contribution in [0.15, 0.2) is 24.3 Å². The molecule has 0 bridgehead atoms. The van der Waals surface area contributed by atoms with E-state index in [1.54, 1.807) is 12.1 Å². The van der Waals surface area contributed by atoms with Crippen LogP contribution in [0.3, 0.4) is 0 Å². The summed E-state index contributed by atoms with van der Waals surface area (Å²) in [6.45, 7) is 7.05. The predicted octanol–water partition coefficient (Wildman–Crippen LogP) is 1.60. The number of rotatable bonds is 5. The molecule has 2 aliphatic heterocycles. The van der Waals surface area contributed by atoms with Crippen molar-refractivity contribution in [2.75, 3.05) is 32.8 Å². The topological polar surface area (TPSA) is 79.9 Å². The number of nitrogens with one attached hydrogen (secondary N) is 2. The van der Waals surface area contributed by atoms with E-state index in [1.807, 2.05) is 30.9 Å². The van der Waals surface area contributed by atoms with E-state index >= 15 is 0 Å². The zero-order valence-corrected chi connectivity index (χ0v) is 17.3. The molecule has 8 heteroatoms. The van der Waals surface area contributed by atoms with Crippen molar-refractivity contribution in [1.82, 2.24) is 15.5 Å². The number of benzene rings is 1. The van der Waals surface area contributed by atoms with E-state index < -0.39 is 0 Å². The van der Waals surface area contributed by atoms with Crippen LogP contribution in [-0.4, -0.2) is 67.7 Å². The lowest BCUT2D eigenvalue weighted by atomic mass is 10.0. The minimum absolute atomic E-state index is 0. The minimum atomic E-state index is -0.303. The summed E-state index contributed by atoms with van der Waals surface area (Å²) in [6, 6.07) is 7.04. The maximum atomic E-state index is 12.7. The lowest BCUT2D eigenvalue weighted by Gasteiger charge is -2.35. The smallest absolute Gasteiger partial charge is 0.253 e. The van der Waals surface area contributed by atoms with Gasteiger partial charge in [0.15, 0.2) is 0 Å². The summed E-state index contributed by atoms with van der Waals surface area (Å²) < 4.78 is 11.0. The maximum Gasteiger partial charge on any atom is 0.253 e. The summed E-state index contributed by atoms with van der Waals surface area (Å²) in [5, 5.41) is 6.31. The molecule has 1 aromatic rings. The number of nitrogens with zero attached hydrogens (tertiary/aromatic N) is 1. The Morgan fingerprint density at radius 1 is 1.25 bits per heavy atom. The number of likely N-dealkylation sites (tertiary alicyclic amines) is 1. The van der Waals surface area contributed by atoms with Gasteiger partial charge < -0.3 is 25.0 Å². The van der Waals surface area contributed by atoms with Gasteiger partial charge in [0.1, 0.15) is 11.8 Å². The number of amides is 2. The Morgan fingerprint density at radius 3 is 2.54 bits per heavy atom. The first-order valence-electron chi connectivity index (χ1n) is 9.76. The van der Waals surface area contributed by atoms with Crippen LogP contribution in [0.2, 0.25) is 0 Å². The predicted molar refractivity (Wildman–Crippen MR) is 109 cm³/mol. The highest BCUT2D eigenvalue weighted by Gasteiger charge is 2.31. The van der Waals surface area contributed by atoms with Gasteiger partial charge >= 0.3 is 0 Å². The standard InChI is InChI=1S/C20H29N3O4.ClH/c1-3-26-17-6-4-15(5-7-17)20(25)23-11-8-16(9-12-23)22-19(24)18-14(2)27-13-10-21-18;/h4-7,14,16,18,21H,3,8-13H2,1-2H3,(H,22,24);1H/t14-,18+;/m1./s1. The zero-order chi connectivity index (χ0) is 19.2. The van der Waals surface area contributed by atoms with E-state index in [1.165, 1.54) is 0 Å². The molecule has 2 saturated heterocycles. The van der Waals surface area contributed by atoms with Crippen molar-refractivity contribution < 1.29 is 19.1 Å². The fraction of sp³-hybridized carbons (Fsp3) is 0.600. The SMILES string of the molecule is CCOc1ccc(C(=O)N2CCC(NC(=O)[C@H]3NCCO[C@@H]3C)CC2)cc1.Cl. The second kappa shape index (κ2) is 10.6. The van der Waals surface area contributed by atoms with Gasteiger partial charge in [-0.1, -0.05) is 0 Å². The fourth-order valence-corrected chi connectivity index (χ4v) is 3.59. The Kier molecular flexibility index (Phi) is 8.54. The molecule has 2 heterocycles. The molecule has 2 aliphatic rings. The van der Waals surface area contributed by atoms with Gasteiger partial charge in [-0.05, 0) is 51.0 Å². The Labute approximate surface area is 172 Å². The highest BCUT2D eigenvalue weighted by atomic mass is 35.5. The molecule has 0 spiro atoms. The van der Waals surface area contributed by atoms with Crippen LogP contribution < -0.4 is 15.4 Å². The number of carbonyl (C=O) groups is 2. The van der Waals surface area contributed by atoms with E-state index in [0.29, 0.717) is 38.4 Å². The molecular weight excluding hydrogens is 382 g/mol. The van der Waals surface area contributed by atoms with Gasteiger partial charge in [0.2, 0.25) is 5.91 Å². The molecule has 0 aromatic heterocycles. The second-order valence-corrected chi connectivity index (χ2v) is 7.04. The van der Waals surface area contributed by atoms with Crippen molar-refractivity contribution in [3.8, 4) is 5.75 Å². The van der Waals surface area contributed by atoms with Crippen molar-refractivity contribution >= 4 is 24.2 Å². The van der Waals surface area contributed by atoms with Crippen molar-refractivity contribution in [3.63, 3.8) is 0 Å². The van der Waals surface area contributed by atoms with Crippen LogP contribution in [-0.2, 0) is 9.53 Å². The lowest BCUT2D eigenvalue weighted by molar-refractivity contribution is -0.129. The maximum absolute atomic E-state index is 12.7. The number of piperidine rings is 1. The van der Waals surface area contributed by atoms with Crippen LogP contribution >= 0.6 is 12.4 Å². The number of hydrogen-bond donors (Lipinski definition) is 2.